The first-order valence-corrected chi connectivity index (χ1v) is 9.57. The number of carboxylic acids is 2. The van der Waals surface area contributed by atoms with Crippen LogP contribution in [-0.2, 0) is 19.1 Å². The number of unbranched alkanes of at least 4 members (excludes halogenated alkanes) is 10. The molecule has 0 spiro atoms. The predicted octanol–water partition coefficient (Wildman–Crippen LogP) is 1.88. The average Bonchev–Trinajstić information content (AvgIpc) is 2.56. The van der Waals surface area contributed by atoms with Gasteiger partial charge in [-0.25, -0.2) is 0 Å². The maximum Gasteiger partial charge on any atom is 0.306 e. The zero-order valence-electron chi connectivity index (χ0n) is 15.4. The van der Waals surface area contributed by atoms with E-state index in [0.717, 1.165) is 19.3 Å². The predicted molar refractivity (Wildman–Crippen MR) is 90.2 cm³/mol. The normalized spacial score (nSPS) is 11.9. The number of carboxylic acid groups (broad SMARTS) is 2. The second kappa shape index (κ2) is 15.9. The summed E-state index contributed by atoms with van der Waals surface area (Å²) < 4.78 is 4.76. The van der Waals surface area contributed by atoms with Gasteiger partial charge in [0.15, 0.2) is 0 Å². The van der Waals surface area contributed by atoms with Gasteiger partial charge >= 0.3 is 5.97 Å². The number of rotatable bonds is 17. The quantitative estimate of drug-likeness (QED) is 0.291. The molecule has 0 aromatic carbocycles. The van der Waals surface area contributed by atoms with Gasteiger partial charge in [0.2, 0.25) is 0 Å². The monoisotopic (exact) mass is 356 g/mol. The first-order chi connectivity index (χ1) is 12.0. The van der Waals surface area contributed by atoms with Crippen molar-refractivity contribution in [1.29, 1.82) is 0 Å². The Labute approximate surface area is 150 Å². The minimum atomic E-state index is -1.58. The van der Waals surface area contributed by atoms with Crippen LogP contribution in [0.4, 0.5) is 0 Å². The zero-order chi connectivity index (χ0) is 18.9. The van der Waals surface area contributed by atoms with Crippen LogP contribution in [0.25, 0.3) is 0 Å². The number of aliphatic carboxylic acids is 2. The van der Waals surface area contributed by atoms with Crippen molar-refractivity contribution in [3.8, 4) is 0 Å². The Kier molecular flexibility index (Phi) is 14.9. The smallest absolute Gasteiger partial charge is 0.306 e. The minimum absolute atomic E-state index is 0.145. The molecule has 6 heteroatoms. The molecule has 1 unspecified atom stereocenters. The van der Waals surface area contributed by atoms with Crippen molar-refractivity contribution in [3.05, 3.63) is 0 Å². The van der Waals surface area contributed by atoms with Crippen LogP contribution < -0.4 is 10.2 Å². The van der Waals surface area contributed by atoms with Crippen LogP contribution in [0.5, 0.6) is 0 Å². The van der Waals surface area contributed by atoms with Gasteiger partial charge in [-0.15, -0.1) is 0 Å². The van der Waals surface area contributed by atoms with Gasteiger partial charge in [-0.3, -0.25) is 4.79 Å². The summed E-state index contributed by atoms with van der Waals surface area (Å²) in [4.78, 5) is 32.7. The number of hydrogen-bond donors (Lipinski definition) is 0. The standard InChI is InChI=1S/C19H34O6/c1-2-3-4-5-6-7-8-9-10-11-12-13-18(22)25-16(19(23)24)14-15-17(20)21/h16H,2-15H2,1H3,(H,20,21)(H,23,24)/p-2. The first-order valence-electron chi connectivity index (χ1n) is 9.57. The molecule has 0 saturated carbocycles. The highest BCUT2D eigenvalue weighted by Gasteiger charge is 2.15. The molecule has 0 aliphatic rings. The number of carbonyl (C=O) groups is 3. The Hall–Kier alpha value is -1.59. The van der Waals surface area contributed by atoms with Gasteiger partial charge in [0.1, 0.15) is 6.10 Å². The zero-order valence-corrected chi connectivity index (χ0v) is 15.4. The fraction of sp³-hybridized carbons (Fsp3) is 0.842. The molecule has 146 valence electrons. The van der Waals surface area contributed by atoms with Gasteiger partial charge in [-0.1, -0.05) is 71.1 Å². The van der Waals surface area contributed by atoms with Crippen LogP contribution in [0, 0.1) is 0 Å². The molecule has 0 N–H and O–H groups in total. The summed E-state index contributed by atoms with van der Waals surface area (Å²) in [5.41, 5.74) is 0. The third-order valence-corrected chi connectivity index (χ3v) is 4.13. The van der Waals surface area contributed by atoms with E-state index < -0.39 is 30.4 Å². The molecular weight excluding hydrogens is 324 g/mol. The average molecular weight is 356 g/mol. The van der Waals surface area contributed by atoms with Crippen molar-refractivity contribution >= 4 is 17.9 Å². The lowest BCUT2D eigenvalue weighted by Gasteiger charge is -2.18. The van der Waals surface area contributed by atoms with Gasteiger partial charge in [0, 0.05) is 12.4 Å². The van der Waals surface area contributed by atoms with Crippen LogP contribution in [0.2, 0.25) is 0 Å². The van der Waals surface area contributed by atoms with Gasteiger partial charge in [-0.05, 0) is 19.3 Å². The van der Waals surface area contributed by atoms with Gasteiger partial charge in [0.25, 0.3) is 0 Å². The lowest BCUT2D eigenvalue weighted by atomic mass is 10.1. The molecule has 0 aliphatic heterocycles. The molecule has 6 nitrogen and oxygen atoms in total. The summed E-state index contributed by atoms with van der Waals surface area (Å²) in [6, 6.07) is 0. The molecule has 0 rings (SSSR count). The van der Waals surface area contributed by atoms with Crippen molar-refractivity contribution in [2.24, 2.45) is 0 Å². The third-order valence-electron chi connectivity index (χ3n) is 4.13. The highest BCUT2D eigenvalue weighted by Crippen LogP contribution is 2.12. The Bertz CT molecular complexity index is 380. The molecule has 0 radical (unpaired) electrons. The number of hydrogen-bond acceptors (Lipinski definition) is 6. The summed E-state index contributed by atoms with van der Waals surface area (Å²) in [6.07, 6.45) is 10.6. The lowest BCUT2D eigenvalue weighted by Crippen LogP contribution is -2.40. The van der Waals surface area contributed by atoms with E-state index in [4.69, 9.17) is 4.74 Å². The molecule has 0 bridgehead atoms. The summed E-state index contributed by atoms with van der Waals surface area (Å²) in [5.74, 6) is -3.58. The molecule has 0 saturated heterocycles. The van der Waals surface area contributed by atoms with Crippen molar-refractivity contribution in [2.75, 3.05) is 0 Å². The van der Waals surface area contributed by atoms with Crippen molar-refractivity contribution < 1.29 is 29.3 Å². The maximum absolute atomic E-state index is 11.6. The molecule has 0 amide bonds. The molecule has 0 aromatic rings. The molecule has 1 atom stereocenters. The third kappa shape index (κ3) is 15.7. The van der Waals surface area contributed by atoms with Crippen LogP contribution in [-0.4, -0.2) is 24.0 Å². The van der Waals surface area contributed by atoms with Crippen molar-refractivity contribution in [2.45, 2.75) is 103 Å². The molecule has 0 fully saturated rings. The van der Waals surface area contributed by atoms with E-state index in [9.17, 15) is 24.6 Å². The fourth-order valence-corrected chi connectivity index (χ4v) is 2.62. The second-order valence-electron chi connectivity index (χ2n) is 6.49. The fourth-order valence-electron chi connectivity index (χ4n) is 2.62. The summed E-state index contributed by atoms with van der Waals surface area (Å²) in [7, 11) is 0. The molecule has 25 heavy (non-hydrogen) atoms. The van der Waals surface area contributed by atoms with Gasteiger partial charge in [-0.2, -0.15) is 0 Å². The van der Waals surface area contributed by atoms with E-state index >= 15 is 0 Å². The van der Waals surface area contributed by atoms with Crippen LogP contribution in [0.1, 0.15) is 96.8 Å². The van der Waals surface area contributed by atoms with E-state index in [1.165, 1.54) is 44.9 Å². The highest BCUT2D eigenvalue weighted by molar-refractivity contribution is 5.77. The Morgan fingerprint density at radius 3 is 1.68 bits per heavy atom. The molecule has 0 aliphatic carbocycles. The summed E-state index contributed by atoms with van der Waals surface area (Å²) in [6.45, 7) is 2.21. The summed E-state index contributed by atoms with van der Waals surface area (Å²) >= 11 is 0. The van der Waals surface area contributed by atoms with Crippen molar-refractivity contribution in [3.63, 3.8) is 0 Å². The second-order valence-corrected chi connectivity index (χ2v) is 6.49. The van der Waals surface area contributed by atoms with Crippen LogP contribution in [0.15, 0.2) is 0 Å². The molecular formula is C19H32O6-2. The number of ether oxygens (including phenoxy) is 1. The van der Waals surface area contributed by atoms with E-state index in [0.29, 0.717) is 6.42 Å². The Morgan fingerprint density at radius 1 is 0.760 bits per heavy atom. The minimum Gasteiger partial charge on any atom is -0.550 e. The SMILES string of the molecule is CCCCCCCCCCCCCC(=O)OC(CCC(=O)[O-])C(=O)[O-]. The number of esters is 1. The van der Waals surface area contributed by atoms with E-state index in [1.807, 2.05) is 0 Å². The Balaban J connectivity index is 3.58. The first kappa shape index (κ1) is 23.4. The highest BCUT2D eigenvalue weighted by atomic mass is 16.6. The van der Waals surface area contributed by atoms with E-state index in [1.54, 1.807) is 0 Å². The summed E-state index contributed by atoms with van der Waals surface area (Å²) in [5, 5.41) is 21.1. The lowest BCUT2D eigenvalue weighted by molar-refractivity contribution is -0.317. The topological polar surface area (TPSA) is 107 Å². The van der Waals surface area contributed by atoms with Gasteiger partial charge in [0.05, 0.1) is 5.97 Å². The van der Waals surface area contributed by atoms with E-state index in [2.05, 4.69) is 6.92 Å². The largest absolute Gasteiger partial charge is 0.550 e. The van der Waals surface area contributed by atoms with Crippen LogP contribution in [0.3, 0.4) is 0 Å². The number of carbonyl (C=O) groups excluding carboxylic acids is 3. The molecule has 0 aromatic heterocycles. The Morgan fingerprint density at radius 2 is 1.24 bits per heavy atom. The van der Waals surface area contributed by atoms with E-state index in [-0.39, 0.29) is 12.8 Å². The van der Waals surface area contributed by atoms with Gasteiger partial charge < -0.3 is 24.5 Å². The maximum atomic E-state index is 11.6. The van der Waals surface area contributed by atoms with Crippen LogP contribution >= 0.6 is 0 Å². The molecule has 0 heterocycles. The van der Waals surface area contributed by atoms with Crippen molar-refractivity contribution in [1.82, 2.24) is 0 Å².